The highest BCUT2D eigenvalue weighted by atomic mass is 16.6. The van der Waals surface area contributed by atoms with Gasteiger partial charge in [0.05, 0.1) is 18.8 Å². The lowest BCUT2D eigenvalue weighted by Crippen LogP contribution is -2.53. The summed E-state index contributed by atoms with van der Waals surface area (Å²) in [6.07, 6.45) is -0.381. The SMILES string of the molecule is CCC(C)[C@H](NC(=O)[C@@H](Cc1ccccc1)C[C@H](O)[C@H](Cc1ccccc1)NC(=O)OC(C)(C)C)C(=O)NCCO. The second kappa shape index (κ2) is 16.7. The van der Waals surface area contributed by atoms with Crippen LogP contribution >= 0.6 is 0 Å². The number of carbonyl (C=O) groups excluding carboxylic acids is 3. The minimum atomic E-state index is -1.09. The topological polar surface area (TPSA) is 137 Å². The molecule has 0 heterocycles. The molecule has 0 saturated carbocycles. The molecule has 9 heteroatoms. The van der Waals surface area contributed by atoms with Crippen LogP contribution in [0.15, 0.2) is 60.7 Å². The molecule has 0 fully saturated rings. The van der Waals surface area contributed by atoms with Crippen LogP contribution in [0.4, 0.5) is 4.79 Å². The fourth-order valence-electron chi connectivity index (χ4n) is 4.51. The number of alkyl carbamates (subject to hydrolysis) is 1. The summed E-state index contributed by atoms with van der Waals surface area (Å²) in [7, 11) is 0. The molecule has 2 rings (SSSR count). The van der Waals surface area contributed by atoms with Crippen LogP contribution in [0.2, 0.25) is 0 Å². The largest absolute Gasteiger partial charge is 0.444 e. The molecule has 0 aliphatic rings. The molecule has 0 aliphatic carbocycles. The first kappa shape index (κ1) is 33.8. The normalized spacial score (nSPS) is 15.1. The van der Waals surface area contributed by atoms with Gasteiger partial charge in [-0.2, -0.15) is 0 Å². The van der Waals surface area contributed by atoms with Crippen LogP contribution in [-0.2, 0) is 27.2 Å². The van der Waals surface area contributed by atoms with Crippen LogP contribution in [0.3, 0.4) is 0 Å². The fraction of sp³-hybridized carbons (Fsp3) is 0.531. The van der Waals surface area contributed by atoms with Crippen molar-refractivity contribution in [1.29, 1.82) is 0 Å². The van der Waals surface area contributed by atoms with E-state index < -0.39 is 35.8 Å². The second-order valence-electron chi connectivity index (χ2n) is 11.5. The highest BCUT2D eigenvalue weighted by Gasteiger charge is 2.33. The first-order chi connectivity index (χ1) is 19.4. The Morgan fingerprint density at radius 1 is 0.878 bits per heavy atom. The zero-order valence-corrected chi connectivity index (χ0v) is 24.9. The standard InChI is InChI=1S/C32H47N3O6/c1-6-22(2)28(30(39)33-17-18-36)35-29(38)25(19-23-13-9-7-10-14-23)21-27(37)26(20-24-15-11-8-12-16-24)34-31(40)41-32(3,4)5/h7-16,22,25-28,36-37H,6,17-21H2,1-5H3,(H,33,39)(H,34,40)(H,35,38)/t22?,25-,26-,27-,28-/m0/s1. The molecule has 0 spiro atoms. The average molecular weight is 570 g/mol. The van der Waals surface area contributed by atoms with Crippen molar-refractivity contribution in [3.05, 3.63) is 71.8 Å². The fourth-order valence-corrected chi connectivity index (χ4v) is 4.51. The Labute approximate surface area is 244 Å². The Bertz CT molecular complexity index is 1070. The molecule has 2 aromatic rings. The maximum Gasteiger partial charge on any atom is 0.407 e. The summed E-state index contributed by atoms with van der Waals surface area (Å²) < 4.78 is 5.45. The van der Waals surface area contributed by atoms with Crippen LogP contribution in [0.25, 0.3) is 0 Å². The van der Waals surface area contributed by atoms with Gasteiger partial charge in [0.1, 0.15) is 11.6 Å². The van der Waals surface area contributed by atoms with Crippen molar-refractivity contribution >= 4 is 17.9 Å². The lowest BCUT2D eigenvalue weighted by molar-refractivity contribution is -0.133. The van der Waals surface area contributed by atoms with Crippen molar-refractivity contribution in [3.8, 4) is 0 Å². The van der Waals surface area contributed by atoms with Crippen LogP contribution in [-0.4, -0.2) is 65.1 Å². The van der Waals surface area contributed by atoms with Gasteiger partial charge in [0.15, 0.2) is 0 Å². The maximum absolute atomic E-state index is 13.7. The molecule has 0 aromatic heterocycles. The number of aliphatic hydroxyl groups excluding tert-OH is 2. The van der Waals surface area contributed by atoms with Gasteiger partial charge in [-0.25, -0.2) is 4.79 Å². The first-order valence-corrected chi connectivity index (χ1v) is 14.4. The van der Waals surface area contributed by atoms with Gasteiger partial charge in [0.25, 0.3) is 0 Å². The van der Waals surface area contributed by atoms with Gasteiger partial charge < -0.3 is 30.9 Å². The molecular formula is C32H47N3O6. The molecule has 5 N–H and O–H groups in total. The Morgan fingerprint density at radius 2 is 1.44 bits per heavy atom. The third kappa shape index (κ3) is 12.3. The molecule has 5 atom stereocenters. The minimum Gasteiger partial charge on any atom is -0.444 e. The monoisotopic (exact) mass is 569 g/mol. The van der Waals surface area contributed by atoms with Crippen molar-refractivity contribution in [3.63, 3.8) is 0 Å². The molecule has 0 bridgehead atoms. The van der Waals surface area contributed by atoms with E-state index >= 15 is 0 Å². The Morgan fingerprint density at radius 3 is 1.95 bits per heavy atom. The predicted octanol–water partition coefficient (Wildman–Crippen LogP) is 3.37. The summed E-state index contributed by atoms with van der Waals surface area (Å²) in [5, 5.41) is 29.0. The van der Waals surface area contributed by atoms with E-state index in [-0.39, 0.29) is 37.3 Å². The van der Waals surface area contributed by atoms with Crippen molar-refractivity contribution in [1.82, 2.24) is 16.0 Å². The van der Waals surface area contributed by atoms with E-state index in [9.17, 15) is 19.5 Å². The van der Waals surface area contributed by atoms with Crippen LogP contribution in [0, 0.1) is 11.8 Å². The third-order valence-electron chi connectivity index (χ3n) is 6.89. The van der Waals surface area contributed by atoms with E-state index in [1.807, 2.05) is 74.5 Å². The first-order valence-electron chi connectivity index (χ1n) is 14.4. The lowest BCUT2D eigenvalue weighted by atomic mass is 9.88. The molecule has 0 aliphatic heterocycles. The van der Waals surface area contributed by atoms with E-state index in [2.05, 4.69) is 16.0 Å². The van der Waals surface area contributed by atoms with E-state index in [0.29, 0.717) is 19.3 Å². The van der Waals surface area contributed by atoms with Crippen molar-refractivity contribution in [2.45, 2.75) is 84.1 Å². The van der Waals surface area contributed by atoms with Crippen molar-refractivity contribution in [2.24, 2.45) is 11.8 Å². The number of amides is 3. The zero-order valence-electron chi connectivity index (χ0n) is 24.9. The predicted molar refractivity (Wildman–Crippen MR) is 159 cm³/mol. The highest BCUT2D eigenvalue weighted by Crippen LogP contribution is 2.20. The summed E-state index contributed by atoms with van der Waals surface area (Å²) in [6, 6.07) is 17.4. The van der Waals surface area contributed by atoms with Crippen LogP contribution in [0.1, 0.15) is 58.6 Å². The summed E-state index contributed by atoms with van der Waals surface area (Å²) in [4.78, 5) is 39.3. The minimum absolute atomic E-state index is 0.0412. The van der Waals surface area contributed by atoms with Gasteiger partial charge in [-0.15, -0.1) is 0 Å². The second-order valence-corrected chi connectivity index (χ2v) is 11.5. The summed E-state index contributed by atoms with van der Waals surface area (Å²) in [5.41, 5.74) is 1.10. The molecule has 41 heavy (non-hydrogen) atoms. The molecule has 9 nitrogen and oxygen atoms in total. The van der Waals surface area contributed by atoms with E-state index in [4.69, 9.17) is 9.84 Å². The van der Waals surface area contributed by atoms with Gasteiger partial charge >= 0.3 is 6.09 Å². The van der Waals surface area contributed by atoms with Crippen LogP contribution in [0.5, 0.6) is 0 Å². The number of hydrogen-bond acceptors (Lipinski definition) is 6. The summed E-state index contributed by atoms with van der Waals surface area (Å²) in [6.45, 7) is 8.99. The third-order valence-corrected chi connectivity index (χ3v) is 6.89. The highest BCUT2D eigenvalue weighted by molar-refractivity contribution is 5.88. The quantitative estimate of drug-likeness (QED) is 0.223. The summed E-state index contributed by atoms with van der Waals surface area (Å²) in [5.74, 6) is -1.58. The van der Waals surface area contributed by atoms with Gasteiger partial charge in [-0.05, 0) is 57.1 Å². The van der Waals surface area contributed by atoms with Gasteiger partial charge in [0, 0.05) is 12.5 Å². The van der Waals surface area contributed by atoms with E-state index in [1.165, 1.54) is 0 Å². The molecule has 2 aromatic carbocycles. The lowest BCUT2D eigenvalue weighted by Gasteiger charge is -2.30. The Hall–Kier alpha value is -3.43. The van der Waals surface area contributed by atoms with Gasteiger partial charge in [-0.3, -0.25) is 9.59 Å². The molecule has 0 radical (unpaired) electrons. The molecule has 226 valence electrons. The van der Waals surface area contributed by atoms with Gasteiger partial charge in [0.2, 0.25) is 11.8 Å². The number of nitrogens with one attached hydrogen (secondary N) is 3. The average Bonchev–Trinajstić information content (AvgIpc) is 2.93. The van der Waals surface area contributed by atoms with E-state index in [1.54, 1.807) is 20.8 Å². The molecule has 0 saturated heterocycles. The van der Waals surface area contributed by atoms with Gasteiger partial charge in [-0.1, -0.05) is 80.9 Å². The number of hydrogen-bond donors (Lipinski definition) is 5. The number of benzene rings is 2. The smallest absolute Gasteiger partial charge is 0.407 e. The number of rotatable bonds is 15. The van der Waals surface area contributed by atoms with Crippen molar-refractivity contribution in [2.75, 3.05) is 13.2 Å². The van der Waals surface area contributed by atoms with Crippen molar-refractivity contribution < 1.29 is 29.3 Å². The summed E-state index contributed by atoms with van der Waals surface area (Å²) >= 11 is 0. The van der Waals surface area contributed by atoms with E-state index in [0.717, 1.165) is 11.1 Å². The Kier molecular flexibility index (Phi) is 13.8. The molecule has 3 amide bonds. The van der Waals surface area contributed by atoms with Crippen LogP contribution < -0.4 is 16.0 Å². The Balaban J connectivity index is 2.32. The zero-order chi connectivity index (χ0) is 30.4. The molecule has 1 unspecified atom stereocenters. The maximum atomic E-state index is 13.7. The number of carbonyl (C=O) groups is 3. The number of aliphatic hydroxyl groups is 2. The number of ether oxygens (including phenoxy) is 1. The molecular weight excluding hydrogens is 522 g/mol.